The van der Waals surface area contributed by atoms with E-state index in [1.807, 2.05) is 37.3 Å². The van der Waals surface area contributed by atoms with E-state index in [0.717, 1.165) is 43.1 Å². The zero-order valence-corrected chi connectivity index (χ0v) is 20.6. The topological polar surface area (TPSA) is 56.6 Å². The van der Waals surface area contributed by atoms with Gasteiger partial charge in [-0.2, -0.15) is 5.10 Å². The number of rotatable bonds is 5. The minimum Gasteiger partial charge on any atom is -0.461 e. The van der Waals surface area contributed by atoms with Crippen molar-refractivity contribution in [2.24, 2.45) is 0 Å². The van der Waals surface area contributed by atoms with Crippen molar-refractivity contribution in [1.29, 1.82) is 0 Å². The number of hydrogen-bond acceptors (Lipinski definition) is 5. The second kappa shape index (κ2) is 11.1. The normalized spacial score (nSPS) is 13.9. The van der Waals surface area contributed by atoms with Gasteiger partial charge < -0.3 is 9.47 Å². The van der Waals surface area contributed by atoms with Gasteiger partial charge in [0.1, 0.15) is 0 Å². The van der Waals surface area contributed by atoms with Crippen LogP contribution < -0.4 is 0 Å². The quantitative estimate of drug-likeness (QED) is 0.366. The molecule has 0 unspecified atom stereocenters. The Morgan fingerprint density at radius 3 is 2.56 bits per heavy atom. The SMILES string of the molecule is CCOC(=O)c1nn(-c2ccc(C#CCN3CCOCC3)cc2Cl)c(-c2ccc(Cl)cc2)c1C. The summed E-state index contributed by atoms with van der Waals surface area (Å²) in [5, 5.41) is 5.68. The molecule has 0 radical (unpaired) electrons. The van der Waals surface area contributed by atoms with Crippen molar-refractivity contribution in [2.45, 2.75) is 13.8 Å². The monoisotopic (exact) mass is 497 g/mol. The van der Waals surface area contributed by atoms with E-state index in [-0.39, 0.29) is 12.3 Å². The highest BCUT2D eigenvalue weighted by Gasteiger charge is 2.24. The molecule has 8 heteroatoms. The zero-order valence-electron chi connectivity index (χ0n) is 19.1. The lowest BCUT2D eigenvalue weighted by Crippen LogP contribution is -2.36. The van der Waals surface area contributed by atoms with Crippen molar-refractivity contribution >= 4 is 29.2 Å². The average Bonchev–Trinajstić information content (AvgIpc) is 3.17. The van der Waals surface area contributed by atoms with Crippen LogP contribution in [0.3, 0.4) is 0 Å². The van der Waals surface area contributed by atoms with Gasteiger partial charge in [0.25, 0.3) is 0 Å². The Kier molecular flexibility index (Phi) is 7.91. The number of benzene rings is 2. The number of nitrogens with zero attached hydrogens (tertiary/aromatic N) is 3. The molecule has 0 atom stereocenters. The highest BCUT2D eigenvalue weighted by molar-refractivity contribution is 6.32. The first-order chi connectivity index (χ1) is 16.5. The van der Waals surface area contributed by atoms with Gasteiger partial charge in [-0.25, -0.2) is 9.48 Å². The van der Waals surface area contributed by atoms with E-state index >= 15 is 0 Å². The maximum absolute atomic E-state index is 12.6. The van der Waals surface area contributed by atoms with E-state index in [1.54, 1.807) is 23.7 Å². The Morgan fingerprint density at radius 1 is 1.15 bits per heavy atom. The Bertz CT molecular complexity index is 1240. The third-order valence-electron chi connectivity index (χ3n) is 5.52. The summed E-state index contributed by atoms with van der Waals surface area (Å²) in [4.78, 5) is 14.8. The third-order valence-corrected chi connectivity index (χ3v) is 6.08. The molecule has 0 bridgehead atoms. The molecule has 0 spiro atoms. The molecule has 1 aliphatic rings. The van der Waals surface area contributed by atoms with Crippen molar-refractivity contribution in [1.82, 2.24) is 14.7 Å². The Morgan fingerprint density at radius 2 is 1.88 bits per heavy atom. The van der Waals surface area contributed by atoms with Crippen molar-refractivity contribution < 1.29 is 14.3 Å². The van der Waals surface area contributed by atoms with E-state index < -0.39 is 5.97 Å². The van der Waals surface area contributed by atoms with Crippen LogP contribution >= 0.6 is 23.2 Å². The summed E-state index contributed by atoms with van der Waals surface area (Å²) in [7, 11) is 0. The molecule has 0 aliphatic carbocycles. The van der Waals surface area contributed by atoms with Gasteiger partial charge in [-0.15, -0.1) is 0 Å². The highest BCUT2D eigenvalue weighted by Crippen LogP contribution is 2.32. The molecule has 0 amide bonds. The average molecular weight is 498 g/mol. The summed E-state index contributed by atoms with van der Waals surface area (Å²) in [6, 6.07) is 12.9. The molecule has 2 heterocycles. The number of morpholine rings is 1. The molecule has 0 saturated carbocycles. The predicted octanol–water partition coefficient (Wildman–Crippen LogP) is 5.01. The molecule has 0 N–H and O–H groups in total. The number of carbonyl (C=O) groups excluding carboxylic acids is 1. The van der Waals surface area contributed by atoms with Gasteiger partial charge in [-0.3, -0.25) is 4.90 Å². The summed E-state index contributed by atoms with van der Waals surface area (Å²) in [6.07, 6.45) is 0. The number of carbonyl (C=O) groups is 1. The molecule has 176 valence electrons. The number of hydrogen-bond donors (Lipinski definition) is 0. The minimum absolute atomic E-state index is 0.247. The first kappa shape index (κ1) is 24.3. The molecule has 1 aliphatic heterocycles. The van der Waals surface area contributed by atoms with Crippen LogP contribution in [-0.4, -0.2) is 60.1 Å². The lowest BCUT2D eigenvalue weighted by molar-refractivity contribution is 0.0443. The Labute approximate surface area is 209 Å². The Balaban J connectivity index is 1.69. The van der Waals surface area contributed by atoms with E-state index in [2.05, 4.69) is 21.8 Å². The largest absolute Gasteiger partial charge is 0.461 e. The Hall–Kier alpha value is -2.82. The fourth-order valence-electron chi connectivity index (χ4n) is 3.78. The third kappa shape index (κ3) is 5.45. The van der Waals surface area contributed by atoms with Crippen LogP contribution in [0.25, 0.3) is 16.9 Å². The highest BCUT2D eigenvalue weighted by atomic mass is 35.5. The van der Waals surface area contributed by atoms with E-state index in [9.17, 15) is 4.79 Å². The van der Waals surface area contributed by atoms with Gasteiger partial charge in [-0.1, -0.05) is 47.2 Å². The lowest BCUT2D eigenvalue weighted by Gasteiger charge is -2.24. The molecule has 2 aromatic carbocycles. The lowest BCUT2D eigenvalue weighted by atomic mass is 10.1. The number of esters is 1. The smallest absolute Gasteiger partial charge is 0.359 e. The summed E-state index contributed by atoms with van der Waals surface area (Å²) in [5.41, 5.74) is 4.00. The van der Waals surface area contributed by atoms with Crippen LogP contribution in [0, 0.1) is 18.8 Å². The number of halogens is 2. The molecule has 1 saturated heterocycles. The van der Waals surface area contributed by atoms with E-state index in [0.29, 0.717) is 27.8 Å². The predicted molar refractivity (Wildman–Crippen MR) is 134 cm³/mol. The number of aromatic nitrogens is 2. The van der Waals surface area contributed by atoms with Crippen LogP contribution in [0.15, 0.2) is 42.5 Å². The zero-order chi connectivity index (χ0) is 24.1. The fourth-order valence-corrected chi connectivity index (χ4v) is 4.17. The van der Waals surface area contributed by atoms with Crippen LogP contribution in [0.5, 0.6) is 0 Å². The van der Waals surface area contributed by atoms with Crippen LogP contribution in [-0.2, 0) is 9.47 Å². The second-order valence-corrected chi connectivity index (χ2v) is 8.66. The van der Waals surface area contributed by atoms with E-state index in [1.165, 1.54) is 0 Å². The molecule has 1 fully saturated rings. The standard InChI is InChI=1S/C26H25Cl2N3O3/c1-3-34-26(32)24-18(2)25(20-7-9-21(27)10-8-20)31(29-24)23-11-6-19(17-22(23)28)5-4-12-30-13-15-33-16-14-30/h6-11,17H,3,12-16H2,1-2H3. The molecule has 34 heavy (non-hydrogen) atoms. The fraction of sp³-hybridized carbons (Fsp3) is 0.308. The molecule has 1 aromatic heterocycles. The van der Waals surface area contributed by atoms with Gasteiger partial charge in [0, 0.05) is 34.8 Å². The van der Waals surface area contributed by atoms with Gasteiger partial charge in [0.05, 0.1) is 42.8 Å². The summed E-state index contributed by atoms with van der Waals surface area (Å²) in [6.45, 7) is 7.83. The van der Waals surface area contributed by atoms with Gasteiger partial charge in [0.15, 0.2) is 5.69 Å². The van der Waals surface area contributed by atoms with Crippen LogP contribution in [0.4, 0.5) is 0 Å². The second-order valence-electron chi connectivity index (χ2n) is 7.82. The van der Waals surface area contributed by atoms with Gasteiger partial charge in [-0.05, 0) is 44.2 Å². The first-order valence-electron chi connectivity index (χ1n) is 11.1. The maximum atomic E-state index is 12.6. The maximum Gasteiger partial charge on any atom is 0.359 e. The molecule has 6 nitrogen and oxygen atoms in total. The van der Waals surface area contributed by atoms with Crippen molar-refractivity contribution in [3.63, 3.8) is 0 Å². The molecular weight excluding hydrogens is 473 g/mol. The van der Waals surface area contributed by atoms with Crippen LogP contribution in [0.1, 0.15) is 28.5 Å². The minimum atomic E-state index is -0.476. The molecular formula is C26H25Cl2N3O3. The summed E-state index contributed by atoms with van der Waals surface area (Å²) >= 11 is 12.8. The van der Waals surface area contributed by atoms with Crippen molar-refractivity contribution in [3.8, 4) is 28.8 Å². The van der Waals surface area contributed by atoms with E-state index in [4.69, 9.17) is 32.7 Å². The van der Waals surface area contributed by atoms with Gasteiger partial charge in [0.2, 0.25) is 0 Å². The summed E-state index contributed by atoms with van der Waals surface area (Å²) < 4.78 is 12.3. The van der Waals surface area contributed by atoms with Crippen molar-refractivity contribution in [2.75, 3.05) is 39.5 Å². The van der Waals surface area contributed by atoms with Gasteiger partial charge >= 0.3 is 5.97 Å². The molecule has 4 rings (SSSR count). The first-order valence-corrected chi connectivity index (χ1v) is 11.8. The number of ether oxygens (including phenoxy) is 2. The van der Waals surface area contributed by atoms with Crippen LogP contribution in [0.2, 0.25) is 10.0 Å². The summed E-state index contributed by atoms with van der Waals surface area (Å²) in [5.74, 6) is 5.91. The molecule has 3 aromatic rings. The van der Waals surface area contributed by atoms with Crippen molar-refractivity contribution in [3.05, 3.63) is 69.3 Å².